The predicted molar refractivity (Wildman–Crippen MR) is 184 cm³/mol. The van der Waals surface area contributed by atoms with E-state index in [0.29, 0.717) is 10.7 Å². The zero-order valence-corrected chi connectivity index (χ0v) is 27.3. The van der Waals surface area contributed by atoms with E-state index in [1.807, 2.05) is 109 Å². The summed E-state index contributed by atoms with van der Waals surface area (Å²) >= 11 is 4.34. The van der Waals surface area contributed by atoms with Gasteiger partial charge in [-0.15, -0.1) is 23.1 Å². The maximum atomic E-state index is 14.3. The first-order valence-corrected chi connectivity index (χ1v) is 17.7. The molecule has 7 rings (SSSR count). The lowest BCUT2D eigenvalue weighted by Crippen LogP contribution is -2.70. The van der Waals surface area contributed by atoms with Gasteiger partial charge in [-0.05, 0) is 28.8 Å². The fourth-order valence-electron chi connectivity index (χ4n) is 5.48. The average Bonchev–Trinajstić information content (AvgIpc) is 3.59. The van der Waals surface area contributed by atoms with Crippen LogP contribution < -0.4 is 5.32 Å². The topological polar surface area (TPSA) is 101 Å². The molecule has 2 amide bonds. The van der Waals surface area contributed by atoms with Crippen LogP contribution in [0, 0.1) is 0 Å². The summed E-state index contributed by atoms with van der Waals surface area (Å²) in [5, 5.41) is 4.43. The van der Waals surface area contributed by atoms with Crippen molar-refractivity contribution in [2.45, 2.75) is 28.3 Å². The van der Waals surface area contributed by atoms with Crippen LogP contribution in [0.2, 0.25) is 0 Å². The number of hydrogen-bond donors (Lipinski definition) is 1. The maximum absolute atomic E-state index is 14.3. The van der Waals surface area contributed by atoms with Gasteiger partial charge in [0.15, 0.2) is 10.4 Å². The lowest BCUT2D eigenvalue weighted by molar-refractivity contribution is -0.154. The third-order valence-electron chi connectivity index (χ3n) is 7.75. The zero-order chi connectivity index (χ0) is 32.2. The average molecular weight is 677 g/mol. The van der Waals surface area contributed by atoms with Crippen molar-refractivity contribution in [1.29, 1.82) is 0 Å². The third-order valence-corrected chi connectivity index (χ3v) is 11.2. The van der Waals surface area contributed by atoms with Gasteiger partial charge in [-0.2, -0.15) is 0 Å². The molecular weight excluding hydrogens is 649 g/mol. The molecule has 2 atom stereocenters. The second-order valence-electron chi connectivity index (χ2n) is 10.8. The number of nitrogens with one attached hydrogen (secondary N) is 1. The smallest absolute Gasteiger partial charge is 0.356 e. The number of β-lactam (4-membered cyclic amide) rings is 1. The van der Waals surface area contributed by atoms with Gasteiger partial charge in [0.2, 0.25) is 5.91 Å². The van der Waals surface area contributed by atoms with Gasteiger partial charge in [-0.1, -0.05) is 103 Å². The first kappa shape index (κ1) is 30.9. The number of rotatable bonds is 10. The van der Waals surface area contributed by atoms with Crippen LogP contribution in [0.3, 0.4) is 0 Å². The molecule has 2 aliphatic heterocycles. The monoisotopic (exact) mass is 676 g/mol. The second-order valence-corrected chi connectivity index (χ2v) is 14.1. The highest BCUT2D eigenvalue weighted by Gasteiger charge is 2.55. The first-order valence-electron chi connectivity index (χ1n) is 14.9. The highest BCUT2D eigenvalue weighted by atomic mass is 32.2. The van der Waals surface area contributed by atoms with Crippen molar-refractivity contribution >= 4 is 52.6 Å². The molecule has 8 nitrogen and oxygen atoms in total. The number of hydrogen-bond acceptors (Lipinski definition) is 9. The van der Waals surface area contributed by atoms with E-state index in [1.165, 1.54) is 39.8 Å². The molecule has 0 aliphatic carbocycles. The molecule has 2 aliphatic rings. The first-order chi connectivity index (χ1) is 23.0. The fourth-order valence-corrected chi connectivity index (χ4v) is 8.93. The number of carbonyl (C=O) groups excluding carboxylic acids is 3. The molecule has 0 bridgehead atoms. The van der Waals surface area contributed by atoms with Gasteiger partial charge >= 0.3 is 5.97 Å². The van der Waals surface area contributed by atoms with Gasteiger partial charge in [0.05, 0.1) is 12.1 Å². The van der Waals surface area contributed by atoms with Crippen molar-refractivity contribution in [3.8, 4) is 11.3 Å². The molecule has 1 saturated heterocycles. The maximum Gasteiger partial charge on any atom is 0.356 e. The minimum Gasteiger partial charge on any atom is -0.448 e. The van der Waals surface area contributed by atoms with Crippen LogP contribution in [-0.4, -0.2) is 49.8 Å². The Morgan fingerprint density at radius 2 is 1.55 bits per heavy atom. The SMILES string of the molecule is O=C(Cc1ccccc1)NC1C(=O)N2C(C(=O)OC(c3ccccc3)c3ccccc3)=C(Sc3nc(-c4ccncc4)cs3)CS[C@H]12. The van der Waals surface area contributed by atoms with Crippen LogP contribution in [0.5, 0.6) is 0 Å². The van der Waals surface area contributed by atoms with E-state index in [4.69, 9.17) is 9.72 Å². The van der Waals surface area contributed by atoms with Crippen molar-refractivity contribution in [3.63, 3.8) is 0 Å². The number of fused-ring (bicyclic) bond motifs is 1. The Morgan fingerprint density at radius 3 is 2.21 bits per heavy atom. The molecule has 4 heterocycles. The Hall–Kier alpha value is -4.71. The van der Waals surface area contributed by atoms with Crippen LogP contribution in [0.15, 0.2) is 136 Å². The number of thiazole rings is 1. The van der Waals surface area contributed by atoms with E-state index in [9.17, 15) is 14.4 Å². The standard InChI is InChI=1S/C36H28N4O4S3/c41-29(20-23-10-4-1-5-11-23)39-30-33(42)40-31(35(43)44-32(25-12-6-2-7-13-25)26-14-8-3-9-15-26)28(22-45-34(30)40)47-36-38-27(21-46-36)24-16-18-37-19-17-24/h1-19,21,30,32,34H,20,22H2,(H,39,41)/t30?,34-/m1/s1. The van der Waals surface area contributed by atoms with E-state index in [1.54, 1.807) is 12.4 Å². The summed E-state index contributed by atoms with van der Waals surface area (Å²) in [6.45, 7) is 0. The molecule has 1 N–H and O–H groups in total. The molecule has 1 fully saturated rings. The molecular formula is C36H28N4O4S3. The number of thioether (sulfide) groups is 2. The van der Waals surface area contributed by atoms with Crippen LogP contribution in [0.4, 0.5) is 0 Å². The van der Waals surface area contributed by atoms with E-state index < -0.39 is 23.5 Å². The van der Waals surface area contributed by atoms with Crippen LogP contribution >= 0.6 is 34.9 Å². The largest absolute Gasteiger partial charge is 0.448 e. The van der Waals surface area contributed by atoms with Crippen molar-refractivity contribution in [3.05, 3.63) is 148 Å². The summed E-state index contributed by atoms with van der Waals surface area (Å²) in [7, 11) is 0. The van der Waals surface area contributed by atoms with Crippen molar-refractivity contribution in [2.75, 3.05) is 5.75 Å². The van der Waals surface area contributed by atoms with Gasteiger partial charge in [-0.3, -0.25) is 19.5 Å². The summed E-state index contributed by atoms with van der Waals surface area (Å²) in [5.41, 5.74) is 4.42. The number of ether oxygens (including phenoxy) is 1. The number of carbonyl (C=O) groups is 3. The van der Waals surface area contributed by atoms with Gasteiger partial charge in [0, 0.05) is 34.0 Å². The molecule has 3 aromatic carbocycles. The summed E-state index contributed by atoms with van der Waals surface area (Å²) in [6, 6.07) is 31.5. The summed E-state index contributed by atoms with van der Waals surface area (Å²) in [5.74, 6) is -0.757. The van der Waals surface area contributed by atoms with E-state index in [0.717, 1.165) is 32.3 Å². The minimum absolute atomic E-state index is 0.160. The van der Waals surface area contributed by atoms with E-state index >= 15 is 0 Å². The lowest BCUT2D eigenvalue weighted by atomic mass is 10.0. The summed E-state index contributed by atoms with van der Waals surface area (Å²) in [6.07, 6.45) is 2.91. The van der Waals surface area contributed by atoms with Gasteiger partial charge < -0.3 is 10.1 Å². The molecule has 2 aromatic heterocycles. The minimum atomic E-state index is -0.747. The number of pyridine rings is 1. The van der Waals surface area contributed by atoms with Crippen molar-refractivity contribution in [1.82, 2.24) is 20.2 Å². The molecule has 0 spiro atoms. The molecule has 11 heteroatoms. The van der Waals surface area contributed by atoms with Crippen LogP contribution in [0.25, 0.3) is 11.3 Å². The highest BCUT2D eigenvalue weighted by molar-refractivity contribution is 8.07. The molecule has 5 aromatic rings. The predicted octanol–water partition coefficient (Wildman–Crippen LogP) is 6.48. The number of esters is 1. The summed E-state index contributed by atoms with van der Waals surface area (Å²) < 4.78 is 7.01. The van der Waals surface area contributed by atoms with Gasteiger partial charge in [-0.25, -0.2) is 9.78 Å². The van der Waals surface area contributed by atoms with Crippen LogP contribution in [0.1, 0.15) is 22.8 Å². The number of nitrogens with zero attached hydrogens (tertiary/aromatic N) is 3. The molecule has 1 unspecified atom stereocenters. The molecule has 234 valence electrons. The van der Waals surface area contributed by atoms with E-state index in [2.05, 4.69) is 10.3 Å². The second kappa shape index (κ2) is 14.0. The van der Waals surface area contributed by atoms with E-state index in [-0.39, 0.29) is 23.9 Å². The third kappa shape index (κ3) is 6.73. The Bertz CT molecular complexity index is 1880. The summed E-state index contributed by atoms with van der Waals surface area (Å²) in [4.78, 5) is 52.0. The molecule has 0 saturated carbocycles. The Balaban J connectivity index is 1.18. The van der Waals surface area contributed by atoms with Crippen molar-refractivity contribution < 1.29 is 19.1 Å². The van der Waals surface area contributed by atoms with Crippen LogP contribution in [-0.2, 0) is 25.5 Å². The Labute approximate surface area is 284 Å². The van der Waals surface area contributed by atoms with Gasteiger partial charge in [0.25, 0.3) is 5.91 Å². The zero-order valence-electron chi connectivity index (χ0n) is 24.9. The molecule has 0 radical (unpaired) electrons. The Kier molecular flexibility index (Phi) is 9.18. The lowest BCUT2D eigenvalue weighted by Gasteiger charge is -2.49. The number of aromatic nitrogens is 2. The number of benzene rings is 3. The quantitative estimate of drug-likeness (QED) is 0.133. The normalized spacial score (nSPS) is 17.2. The van der Waals surface area contributed by atoms with Gasteiger partial charge in [0.1, 0.15) is 17.1 Å². The fraction of sp³-hybridized carbons (Fsp3) is 0.139. The Morgan fingerprint density at radius 1 is 0.915 bits per heavy atom. The highest BCUT2D eigenvalue weighted by Crippen LogP contribution is 2.47. The molecule has 47 heavy (non-hydrogen) atoms. The number of amides is 2. The van der Waals surface area contributed by atoms with Crippen molar-refractivity contribution in [2.24, 2.45) is 0 Å².